The molecule has 2 aliphatic heterocycles. The Hall–Kier alpha value is -3.09. The lowest BCUT2D eigenvalue weighted by molar-refractivity contribution is -0.137. The highest BCUT2D eigenvalue weighted by Gasteiger charge is 2.38. The van der Waals surface area contributed by atoms with Crippen LogP contribution in [0.5, 0.6) is 0 Å². The molecule has 2 aliphatic rings. The highest BCUT2D eigenvalue weighted by Crippen LogP contribution is 2.27. The third-order valence-electron chi connectivity index (χ3n) is 5.47. The Labute approximate surface area is 163 Å². The summed E-state index contributed by atoms with van der Waals surface area (Å²) < 4.78 is 4.97. The Morgan fingerprint density at radius 3 is 2.32 bits per heavy atom. The van der Waals surface area contributed by atoms with Crippen molar-refractivity contribution in [3.05, 3.63) is 54.0 Å². The molecule has 3 amide bonds. The summed E-state index contributed by atoms with van der Waals surface area (Å²) in [4.78, 5) is 42.9. The van der Waals surface area contributed by atoms with E-state index in [1.807, 2.05) is 31.2 Å². The van der Waals surface area contributed by atoms with Gasteiger partial charge in [-0.25, -0.2) is 0 Å². The third kappa shape index (κ3) is 3.52. The van der Waals surface area contributed by atoms with Crippen LogP contribution >= 0.6 is 0 Å². The van der Waals surface area contributed by atoms with Crippen molar-refractivity contribution in [1.29, 1.82) is 0 Å². The van der Waals surface area contributed by atoms with Gasteiger partial charge in [0.1, 0.15) is 6.26 Å². The van der Waals surface area contributed by atoms with Crippen LogP contribution in [0.1, 0.15) is 22.3 Å². The summed E-state index contributed by atoms with van der Waals surface area (Å²) in [7, 11) is 0. The highest BCUT2D eigenvalue weighted by atomic mass is 16.3. The van der Waals surface area contributed by atoms with Gasteiger partial charge >= 0.3 is 0 Å². The molecule has 1 atom stereocenters. The van der Waals surface area contributed by atoms with E-state index >= 15 is 0 Å². The molecule has 2 fully saturated rings. The number of carbonyl (C=O) groups excluding carboxylic acids is 3. The highest BCUT2D eigenvalue weighted by molar-refractivity contribution is 6.00. The molecule has 1 unspecified atom stereocenters. The summed E-state index contributed by atoms with van der Waals surface area (Å²) in [5.41, 5.74) is 2.49. The van der Waals surface area contributed by atoms with Gasteiger partial charge in [0.25, 0.3) is 5.91 Å². The molecule has 2 aromatic rings. The molecule has 4 rings (SSSR count). The predicted octanol–water partition coefficient (Wildman–Crippen LogP) is 1.93. The van der Waals surface area contributed by atoms with Crippen LogP contribution in [0.2, 0.25) is 0 Å². The standard InChI is InChI=1S/C21H23N3O4/c1-15-2-4-18(5-3-15)24-13-17(12-19(24)25)21(27)23-9-7-22(8-10-23)20(26)16-6-11-28-14-16/h2-6,11,14,17H,7-10,12-13H2,1H3. The van der Waals surface area contributed by atoms with Crippen molar-refractivity contribution >= 4 is 23.4 Å². The van der Waals surface area contributed by atoms with Crippen LogP contribution in [0.25, 0.3) is 0 Å². The minimum atomic E-state index is -0.329. The van der Waals surface area contributed by atoms with Gasteiger partial charge in [-0.15, -0.1) is 0 Å². The van der Waals surface area contributed by atoms with Crippen molar-refractivity contribution in [3.63, 3.8) is 0 Å². The normalized spacial score (nSPS) is 20.0. The van der Waals surface area contributed by atoms with Crippen LogP contribution in [-0.4, -0.2) is 60.2 Å². The lowest BCUT2D eigenvalue weighted by Crippen LogP contribution is -2.52. The summed E-state index contributed by atoms with van der Waals surface area (Å²) in [5.74, 6) is -0.429. The summed E-state index contributed by atoms with van der Waals surface area (Å²) >= 11 is 0. The van der Waals surface area contributed by atoms with Crippen LogP contribution < -0.4 is 4.90 Å². The Kier molecular flexibility index (Phi) is 4.90. The SMILES string of the molecule is Cc1ccc(N2CC(C(=O)N3CCN(C(=O)c4ccoc4)CC3)CC2=O)cc1. The molecule has 0 aliphatic carbocycles. The Balaban J connectivity index is 1.35. The summed E-state index contributed by atoms with van der Waals surface area (Å²) in [6.07, 6.45) is 3.15. The molecule has 2 saturated heterocycles. The third-order valence-corrected chi connectivity index (χ3v) is 5.47. The van der Waals surface area contributed by atoms with Crippen molar-refractivity contribution < 1.29 is 18.8 Å². The minimum absolute atomic E-state index is 0.00151. The zero-order chi connectivity index (χ0) is 19.7. The molecule has 7 heteroatoms. The second kappa shape index (κ2) is 7.50. The number of rotatable bonds is 3. The monoisotopic (exact) mass is 381 g/mol. The Morgan fingerprint density at radius 1 is 1.00 bits per heavy atom. The number of hydrogen-bond donors (Lipinski definition) is 0. The van der Waals surface area contributed by atoms with E-state index in [-0.39, 0.29) is 30.1 Å². The second-order valence-electron chi connectivity index (χ2n) is 7.37. The number of anilines is 1. The molecule has 146 valence electrons. The fourth-order valence-electron chi connectivity index (χ4n) is 3.80. The fourth-order valence-corrected chi connectivity index (χ4v) is 3.80. The second-order valence-corrected chi connectivity index (χ2v) is 7.37. The van der Waals surface area contributed by atoms with E-state index in [2.05, 4.69) is 0 Å². The van der Waals surface area contributed by atoms with Gasteiger partial charge < -0.3 is 19.1 Å². The number of furan rings is 1. The van der Waals surface area contributed by atoms with Gasteiger partial charge in [0.05, 0.1) is 17.7 Å². The average molecular weight is 381 g/mol. The maximum Gasteiger partial charge on any atom is 0.257 e. The molecule has 0 radical (unpaired) electrons. The quantitative estimate of drug-likeness (QED) is 0.814. The first-order chi connectivity index (χ1) is 13.5. The number of hydrogen-bond acceptors (Lipinski definition) is 4. The van der Waals surface area contributed by atoms with E-state index in [1.54, 1.807) is 20.8 Å². The number of aryl methyl sites for hydroxylation is 1. The van der Waals surface area contributed by atoms with Crippen molar-refractivity contribution in [2.75, 3.05) is 37.6 Å². The van der Waals surface area contributed by atoms with Crippen LogP contribution in [0.3, 0.4) is 0 Å². The van der Waals surface area contributed by atoms with E-state index in [0.29, 0.717) is 38.3 Å². The first-order valence-electron chi connectivity index (χ1n) is 9.50. The van der Waals surface area contributed by atoms with Crippen molar-refractivity contribution in [2.45, 2.75) is 13.3 Å². The van der Waals surface area contributed by atoms with Gasteiger partial charge in [-0.2, -0.15) is 0 Å². The average Bonchev–Trinajstić information content (AvgIpc) is 3.38. The minimum Gasteiger partial charge on any atom is -0.472 e. The molecule has 28 heavy (non-hydrogen) atoms. The number of carbonyl (C=O) groups is 3. The maximum absolute atomic E-state index is 12.9. The van der Waals surface area contributed by atoms with E-state index in [4.69, 9.17) is 4.42 Å². The molecule has 0 spiro atoms. The van der Waals surface area contributed by atoms with Gasteiger partial charge in [-0.1, -0.05) is 17.7 Å². The number of nitrogens with zero attached hydrogens (tertiary/aromatic N) is 3. The van der Waals surface area contributed by atoms with Crippen LogP contribution in [0.4, 0.5) is 5.69 Å². The first-order valence-corrected chi connectivity index (χ1v) is 9.50. The lowest BCUT2D eigenvalue weighted by Gasteiger charge is -2.35. The summed E-state index contributed by atoms with van der Waals surface area (Å²) in [6, 6.07) is 9.41. The Bertz CT molecular complexity index is 868. The van der Waals surface area contributed by atoms with Gasteiger partial charge in [-0.3, -0.25) is 14.4 Å². The summed E-state index contributed by atoms with van der Waals surface area (Å²) in [6.45, 7) is 4.35. The molecule has 0 N–H and O–H groups in total. The van der Waals surface area contributed by atoms with Crippen molar-refractivity contribution in [3.8, 4) is 0 Å². The van der Waals surface area contributed by atoms with Crippen LogP contribution in [-0.2, 0) is 9.59 Å². The Morgan fingerprint density at radius 2 is 1.68 bits per heavy atom. The molecular formula is C21H23N3O4. The molecule has 3 heterocycles. The number of amides is 3. The molecular weight excluding hydrogens is 358 g/mol. The zero-order valence-corrected chi connectivity index (χ0v) is 15.8. The molecule has 1 aromatic heterocycles. The van der Waals surface area contributed by atoms with Gasteiger partial charge in [0.15, 0.2) is 0 Å². The lowest BCUT2D eigenvalue weighted by atomic mass is 10.1. The van der Waals surface area contributed by atoms with Crippen LogP contribution in [0, 0.1) is 12.8 Å². The van der Waals surface area contributed by atoms with E-state index in [1.165, 1.54) is 12.5 Å². The topological polar surface area (TPSA) is 74.1 Å². The van der Waals surface area contributed by atoms with E-state index in [0.717, 1.165) is 11.3 Å². The number of piperazine rings is 1. The predicted molar refractivity (Wildman–Crippen MR) is 103 cm³/mol. The molecule has 0 saturated carbocycles. The van der Waals surface area contributed by atoms with Crippen molar-refractivity contribution in [1.82, 2.24) is 9.80 Å². The first kappa shape index (κ1) is 18.3. The van der Waals surface area contributed by atoms with Gasteiger partial charge in [0, 0.05) is 44.8 Å². The van der Waals surface area contributed by atoms with E-state index < -0.39 is 0 Å². The smallest absolute Gasteiger partial charge is 0.257 e. The molecule has 0 bridgehead atoms. The summed E-state index contributed by atoms with van der Waals surface area (Å²) in [5, 5.41) is 0. The maximum atomic E-state index is 12.9. The number of benzene rings is 1. The van der Waals surface area contributed by atoms with Gasteiger partial charge in [0.2, 0.25) is 11.8 Å². The largest absolute Gasteiger partial charge is 0.472 e. The van der Waals surface area contributed by atoms with Crippen LogP contribution in [0.15, 0.2) is 47.3 Å². The fraction of sp³-hybridized carbons (Fsp3) is 0.381. The van der Waals surface area contributed by atoms with Crippen molar-refractivity contribution in [2.24, 2.45) is 5.92 Å². The molecule has 7 nitrogen and oxygen atoms in total. The molecule has 1 aromatic carbocycles. The zero-order valence-electron chi connectivity index (χ0n) is 15.8. The van der Waals surface area contributed by atoms with E-state index in [9.17, 15) is 14.4 Å². The van der Waals surface area contributed by atoms with Gasteiger partial charge in [-0.05, 0) is 25.1 Å².